The van der Waals surface area contributed by atoms with E-state index < -0.39 is 10.3 Å². The van der Waals surface area contributed by atoms with E-state index in [-0.39, 0.29) is 24.2 Å². The van der Waals surface area contributed by atoms with Crippen LogP contribution in [0.3, 0.4) is 0 Å². The highest BCUT2D eigenvalue weighted by molar-refractivity contribution is 5.86. The second-order valence-electron chi connectivity index (χ2n) is 5.54. The Labute approximate surface area is 127 Å². The van der Waals surface area contributed by atoms with Crippen LogP contribution in [-0.2, 0) is 14.9 Å². The number of hydrogen-bond acceptors (Lipinski definition) is 4. The number of nitrogens with zero attached hydrogens (tertiary/aromatic N) is 1. The summed E-state index contributed by atoms with van der Waals surface area (Å²) in [5.41, 5.74) is 0.436. The number of benzene rings is 2. The van der Waals surface area contributed by atoms with Gasteiger partial charge in [0.2, 0.25) is 0 Å². The van der Waals surface area contributed by atoms with Gasteiger partial charge >= 0.3 is 5.97 Å². The molecular formula is C17H15NO4. The number of hydrogen-bond donors (Lipinski definition) is 0. The smallest absolute Gasteiger partial charge is 0.317 e. The average Bonchev–Trinajstić information content (AvgIpc) is 2.85. The quantitative estimate of drug-likeness (QED) is 0.495. The van der Waals surface area contributed by atoms with Gasteiger partial charge < -0.3 is 4.74 Å². The summed E-state index contributed by atoms with van der Waals surface area (Å²) >= 11 is 0. The first-order valence-corrected chi connectivity index (χ1v) is 7.01. The number of nitro benzene ring substituents is 1. The van der Waals surface area contributed by atoms with E-state index in [2.05, 4.69) is 0 Å². The molecule has 2 aromatic carbocycles. The lowest BCUT2D eigenvalue weighted by atomic mass is 9.70. The lowest BCUT2D eigenvalue weighted by molar-refractivity contribution is -0.385. The first kappa shape index (κ1) is 14.3. The molecule has 0 aromatic heterocycles. The zero-order chi connectivity index (χ0) is 15.7. The highest BCUT2D eigenvalue weighted by Crippen LogP contribution is 2.46. The Kier molecular flexibility index (Phi) is 3.41. The standard InChI is InChI=1S/C17H15NO4/c1-17(12-7-3-2-4-8-12)14(11-22-16(17)19)13-9-5-6-10-15(13)18(20)21/h2-10,14H,11H2,1H3. The first-order chi connectivity index (χ1) is 10.5. The highest BCUT2D eigenvalue weighted by atomic mass is 16.6. The largest absolute Gasteiger partial charge is 0.464 e. The summed E-state index contributed by atoms with van der Waals surface area (Å²) in [7, 11) is 0. The van der Waals surface area contributed by atoms with Crippen molar-refractivity contribution < 1.29 is 14.5 Å². The molecule has 5 nitrogen and oxygen atoms in total. The first-order valence-electron chi connectivity index (χ1n) is 7.01. The zero-order valence-corrected chi connectivity index (χ0v) is 12.1. The molecule has 0 amide bonds. The van der Waals surface area contributed by atoms with Crippen molar-refractivity contribution in [3.63, 3.8) is 0 Å². The van der Waals surface area contributed by atoms with Crippen LogP contribution in [0.15, 0.2) is 54.6 Å². The van der Waals surface area contributed by atoms with Gasteiger partial charge in [-0.2, -0.15) is 0 Å². The van der Waals surface area contributed by atoms with Crippen molar-refractivity contribution in [2.75, 3.05) is 6.61 Å². The van der Waals surface area contributed by atoms with Crippen molar-refractivity contribution in [2.24, 2.45) is 0 Å². The molecule has 1 heterocycles. The van der Waals surface area contributed by atoms with E-state index in [0.717, 1.165) is 5.56 Å². The molecule has 3 rings (SSSR count). The lowest BCUT2D eigenvalue weighted by Gasteiger charge is -2.27. The minimum atomic E-state index is -0.923. The number of cyclic esters (lactones) is 1. The van der Waals surface area contributed by atoms with E-state index in [9.17, 15) is 14.9 Å². The summed E-state index contributed by atoms with van der Waals surface area (Å²) in [5.74, 6) is -0.731. The van der Waals surface area contributed by atoms with Gasteiger partial charge in [-0.25, -0.2) is 0 Å². The number of esters is 1. The van der Waals surface area contributed by atoms with Crippen LogP contribution < -0.4 is 0 Å². The van der Waals surface area contributed by atoms with Crippen LogP contribution >= 0.6 is 0 Å². The Bertz CT molecular complexity index is 728. The van der Waals surface area contributed by atoms with Gasteiger partial charge in [0.05, 0.1) is 11.5 Å². The topological polar surface area (TPSA) is 69.4 Å². The van der Waals surface area contributed by atoms with Crippen LogP contribution in [-0.4, -0.2) is 17.5 Å². The fraction of sp³-hybridized carbons (Fsp3) is 0.235. The predicted octanol–water partition coefficient (Wildman–Crippen LogP) is 3.19. The molecule has 2 aromatic rings. The van der Waals surface area contributed by atoms with E-state index in [1.807, 2.05) is 30.3 Å². The van der Waals surface area contributed by atoms with Gasteiger partial charge in [-0.05, 0) is 12.5 Å². The summed E-state index contributed by atoms with van der Waals surface area (Å²) in [5, 5.41) is 11.3. The Hall–Kier alpha value is -2.69. The molecule has 112 valence electrons. The van der Waals surface area contributed by atoms with Gasteiger partial charge in [0.25, 0.3) is 5.69 Å². The molecule has 0 N–H and O–H groups in total. The van der Waals surface area contributed by atoms with Crippen molar-refractivity contribution >= 4 is 11.7 Å². The summed E-state index contributed by atoms with van der Waals surface area (Å²) < 4.78 is 5.26. The molecule has 1 fully saturated rings. The van der Waals surface area contributed by atoms with Crippen LogP contribution in [0.1, 0.15) is 24.0 Å². The van der Waals surface area contributed by atoms with Gasteiger partial charge in [0, 0.05) is 17.5 Å². The average molecular weight is 297 g/mol. The molecule has 0 saturated carbocycles. The van der Waals surface area contributed by atoms with Crippen LogP contribution in [0.4, 0.5) is 5.69 Å². The Morgan fingerprint density at radius 1 is 1.14 bits per heavy atom. The van der Waals surface area contributed by atoms with Crippen molar-refractivity contribution in [3.8, 4) is 0 Å². The highest BCUT2D eigenvalue weighted by Gasteiger charge is 2.52. The molecular weight excluding hydrogens is 282 g/mol. The van der Waals surface area contributed by atoms with Gasteiger partial charge in [-0.15, -0.1) is 0 Å². The fourth-order valence-electron chi connectivity index (χ4n) is 3.07. The third kappa shape index (κ3) is 2.06. The molecule has 0 spiro atoms. The molecule has 0 bridgehead atoms. The van der Waals surface area contributed by atoms with Gasteiger partial charge in [0.15, 0.2) is 0 Å². The van der Waals surface area contributed by atoms with Crippen LogP contribution in [0.5, 0.6) is 0 Å². The van der Waals surface area contributed by atoms with Crippen LogP contribution in [0.2, 0.25) is 0 Å². The summed E-state index contributed by atoms with van der Waals surface area (Å²) in [6.45, 7) is 1.94. The number of carbonyl (C=O) groups is 1. The van der Waals surface area contributed by atoms with Crippen molar-refractivity contribution in [2.45, 2.75) is 18.3 Å². The number of carbonyl (C=O) groups excluding carboxylic acids is 1. The predicted molar refractivity (Wildman–Crippen MR) is 80.6 cm³/mol. The second-order valence-corrected chi connectivity index (χ2v) is 5.54. The molecule has 1 aliphatic heterocycles. The van der Waals surface area contributed by atoms with E-state index in [0.29, 0.717) is 5.56 Å². The number of rotatable bonds is 3. The maximum Gasteiger partial charge on any atom is 0.317 e. The van der Waals surface area contributed by atoms with Crippen LogP contribution in [0, 0.1) is 10.1 Å². The Morgan fingerprint density at radius 2 is 1.77 bits per heavy atom. The number of para-hydroxylation sites is 1. The van der Waals surface area contributed by atoms with E-state index in [1.165, 1.54) is 6.07 Å². The van der Waals surface area contributed by atoms with Gasteiger partial charge in [-0.3, -0.25) is 14.9 Å². The van der Waals surface area contributed by atoms with Crippen LogP contribution in [0.25, 0.3) is 0 Å². The molecule has 22 heavy (non-hydrogen) atoms. The second kappa shape index (κ2) is 5.26. The van der Waals surface area contributed by atoms with E-state index >= 15 is 0 Å². The molecule has 2 atom stereocenters. The normalized spacial score (nSPS) is 24.0. The lowest BCUT2D eigenvalue weighted by Crippen LogP contribution is -2.33. The summed E-state index contributed by atoms with van der Waals surface area (Å²) in [6.07, 6.45) is 0. The molecule has 0 radical (unpaired) electrons. The molecule has 5 heteroatoms. The molecule has 1 saturated heterocycles. The summed E-state index contributed by atoms with van der Waals surface area (Å²) in [6, 6.07) is 15.8. The minimum absolute atomic E-state index is 0.0213. The summed E-state index contributed by atoms with van der Waals surface area (Å²) in [4.78, 5) is 23.2. The third-order valence-electron chi connectivity index (χ3n) is 4.38. The molecule has 2 unspecified atom stereocenters. The molecule has 1 aliphatic rings. The Morgan fingerprint density at radius 3 is 2.45 bits per heavy atom. The monoisotopic (exact) mass is 297 g/mol. The zero-order valence-electron chi connectivity index (χ0n) is 12.1. The van der Waals surface area contributed by atoms with Gasteiger partial charge in [0.1, 0.15) is 5.41 Å². The van der Waals surface area contributed by atoms with Crippen molar-refractivity contribution in [1.29, 1.82) is 0 Å². The minimum Gasteiger partial charge on any atom is -0.464 e. The maximum atomic E-state index is 12.4. The van der Waals surface area contributed by atoms with Gasteiger partial charge in [-0.1, -0.05) is 48.5 Å². The van der Waals surface area contributed by atoms with E-state index in [4.69, 9.17) is 4.74 Å². The molecule has 0 aliphatic carbocycles. The van der Waals surface area contributed by atoms with E-state index in [1.54, 1.807) is 25.1 Å². The van der Waals surface area contributed by atoms with Crippen molar-refractivity contribution in [3.05, 3.63) is 75.8 Å². The SMILES string of the molecule is CC1(c2ccccc2)C(=O)OCC1c1ccccc1[N+](=O)[O-]. The number of ether oxygens (including phenoxy) is 1. The number of nitro groups is 1. The van der Waals surface area contributed by atoms with Crippen molar-refractivity contribution in [1.82, 2.24) is 0 Å². The fourth-order valence-corrected chi connectivity index (χ4v) is 3.07. The third-order valence-corrected chi connectivity index (χ3v) is 4.38. The maximum absolute atomic E-state index is 12.4. The Balaban J connectivity index is 2.15.